The Labute approximate surface area is 102 Å². The van der Waals surface area contributed by atoms with Crippen LogP contribution in [-0.2, 0) is 0 Å². The van der Waals surface area contributed by atoms with Gasteiger partial charge in [-0.2, -0.15) is 0 Å². The van der Waals surface area contributed by atoms with Crippen LogP contribution in [0.1, 0.15) is 30.9 Å². The lowest BCUT2D eigenvalue weighted by Crippen LogP contribution is -2.38. The van der Waals surface area contributed by atoms with Gasteiger partial charge in [0.15, 0.2) is 0 Å². The zero-order chi connectivity index (χ0) is 11.7. The van der Waals surface area contributed by atoms with Crippen molar-refractivity contribution in [3.8, 4) is 5.75 Å². The molecule has 1 aromatic rings. The first-order valence-electron chi connectivity index (χ1n) is 6.56. The molecule has 17 heavy (non-hydrogen) atoms. The number of fused-ring (bicyclic) bond motifs is 1. The fourth-order valence-electron chi connectivity index (χ4n) is 3.10. The lowest BCUT2D eigenvalue weighted by atomic mass is 10.0. The molecule has 3 atom stereocenters. The molecule has 3 nitrogen and oxygen atoms in total. The van der Waals surface area contributed by atoms with Crippen molar-refractivity contribution in [2.24, 2.45) is 11.7 Å². The molecule has 1 aromatic carbocycles. The maximum atomic E-state index is 5.82. The van der Waals surface area contributed by atoms with Crippen LogP contribution >= 0.6 is 0 Å². The lowest BCUT2D eigenvalue weighted by molar-refractivity contribution is 0.281. The van der Waals surface area contributed by atoms with Crippen molar-refractivity contribution in [3.05, 3.63) is 29.8 Å². The summed E-state index contributed by atoms with van der Waals surface area (Å²) < 4.78 is 5.70. The minimum Gasteiger partial charge on any atom is -0.491 e. The smallest absolute Gasteiger partial charge is 0.124 e. The van der Waals surface area contributed by atoms with Crippen LogP contribution in [0.2, 0.25) is 0 Å². The highest BCUT2D eigenvalue weighted by molar-refractivity contribution is 5.39. The van der Waals surface area contributed by atoms with Crippen LogP contribution in [0.4, 0.5) is 0 Å². The minimum atomic E-state index is 0.350. The molecule has 0 aromatic heterocycles. The Morgan fingerprint density at radius 1 is 1.29 bits per heavy atom. The summed E-state index contributed by atoms with van der Waals surface area (Å²) in [6.07, 6.45) is 3.82. The highest BCUT2D eigenvalue weighted by Gasteiger charge is 2.31. The monoisotopic (exact) mass is 232 g/mol. The molecule has 0 radical (unpaired) electrons. The maximum Gasteiger partial charge on any atom is 0.124 e. The lowest BCUT2D eigenvalue weighted by Gasteiger charge is -2.23. The summed E-state index contributed by atoms with van der Waals surface area (Å²) in [6.45, 7) is 1.56. The van der Waals surface area contributed by atoms with Crippen LogP contribution < -0.4 is 15.8 Å². The Morgan fingerprint density at radius 3 is 3.06 bits per heavy atom. The van der Waals surface area contributed by atoms with E-state index in [4.69, 9.17) is 10.5 Å². The van der Waals surface area contributed by atoms with Gasteiger partial charge in [-0.1, -0.05) is 24.6 Å². The topological polar surface area (TPSA) is 47.3 Å². The largest absolute Gasteiger partial charge is 0.491 e. The second kappa shape index (κ2) is 4.67. The van der Waals surface area contributed by atoms with Gasteiger partial charge in [0.2, 0.25) is 0 Å². The van der Waals surface area contributed by atoms with Gasteiger partial charge in [0.05, 0.1) is 6.04 Å². The van der Waals surface area contributed by atoms with Crippen LogP contribution in [-0.4, -0.2) is 19.2 Å². The van der Waals surface area contributed by atoms with E-state index in [2.05, 4.69) is 17.4 Å². The van der Waals surface area contributed by atoms with Gasteiger partial charge in [-0.15, -0.1) is 0 Å². The van der Waals surface area contributed by atoms with Gasteiger partial charge in [0.25, 0.3) is 0 Å². The van der Waals surface area contributed by atoms with Gasteiger partial charge in [-0.05, 0) is 31.4 Å². The zero-order valence-electron chi connectivity index (χ0n) is 10.1. The van der Waals surface area contributed by atoms with Crippen LogP contribution in [0.25, 0.3) is 0 Å². The number of nitrogens with two attached hydrogens (primary N) is 1. The van der Waals surface area contributed by atoms with Crippen molar-refractivity contribution in [1.29, 1.82) is 0 Å². The summed E-state index contributed by atoms with van der Waals surface area (Å²) >= 11 is 0. The summed E-state index contributed by atoms with van der Waals surface area (Å²) in [5.41, 5.74) is 7.12. The second-order valence-electron chi connectivity index (χ2n) is 5.10. The molecule has 0 saturated heterocycles. The number of para-hydroxylation sites is 1. The average molecular weight is 232 g/mol. The maximum absolute atomic E-state index is 5.82. The van der Waals surface area contributed by atoms with Gasteiger partial charge >= 0.3 is 0 Å². The first-order chi connectivity index (χ1) is 8.38. The quantitative estimate of drug-likeness (QED) is 0.836. The van der Waals surface area contributed by atoms with Crippen molar-refractivity contribution in [1.82, 2.24) is 5.32 Å². The van der Waals surface area contributed by atoms with Crippen LogP contribution in [0.3, 0.4) is 0 Å². The summed E-state index contributed by atoms with van der Waals surface area (Å²) in [4.78, 5) is 0. The zero-order valence-corrected chi connectivity index (χ0v) is 10.1. The standard InChI is InChI=1S/C14H20N2O/c15-8-10-4-3-6-12(10)16-13-9-17-14-7-2-1-5-11(13)14/h1-2,5,7,10,12-13,16H,3-4,6,8-9,15H2. The SMILES string of the molecule is NCC1CCCC1NC1COc2ccccc21. The summed E-state index contributed by atoms with van der Waals surface area (Å²) in [7, 11) is 0. The highest BCUT2D eigenvalue weighted by Crippen LogP contribution is 2.34. The van der Waals surface area contributed by atoms with Crippen LogP contribution in [0, 0.1) is 5.92 Å². The van der Waals surface area contributed by atoms with Crippen molar-refractivity contribution in [2.45, 2.75) is 31.3 Å². The summed E-state index contributed by atoms with van der Waals surface area (Å²) in [5.74, 6) is 1.68. The first-order valence-corrected chi connectivity index (χ1v) is 6.56. The number of benzene rings is 1. The molecule has 0 bridgehead atoms. The molecule has 0 spiro atoms. The number of nitrogens with one attached hydrogen (secondary N) is 1. The molecule has 1 fully saturated rings. The van der Waals surface area contributed by atoms with Crippen molar-refractivity contribution in [2.75, 3.05) is 13.2 Å². The van der Waals surface area contributed by atoms with Crippen LogP contribution in [0.15, 0.2) is 24.3 Å². The van der Waals surface area contributed by atoms with E-state index in [0.717, 1.165) is 18.9 Å². The fraction of sp³-hybridized carbons (Fsp3) is 0.571. The van der Waals surface area contributed by atoms with E-state index in [1.54, 1.807) is 0 Å². The molecule has 1 saturated carbocycles. The first kappa shape index (κ1) is 11.1. The molecule has 1 aliphatic carbocycles. The Kier molecular flexibility index (Phi) is 3.04. The molecule has 2 aliphatic rings. The summed E-state index contributed by atoms with van der Waals surface area (Å²) in [5, 5.41) is 3.73. The molecule has 3 N–H and O–H groups in total. The van der Waals surface area contributed by atoms with E-state index in [1.807, 2.05) is 12.1 Å². The van der Waals surface area contributed by atoms with E-state index >= 15 is 0 Å². The van der Waals surface area contributed by atoms with Gasteiger partial charge in [0, 0.05) is 11.6 Å². The predicted octanol–water partition coefficient (Wildman–Crippen LogP) is 1.84. The highest BCUT2D eigenvalue weighted by atomic mass is 16.5. The van der Waals surface area contributed by atoms with Gasteiger partial charge in [0.1, 0.15) is 12.4 Å². The van der Waals surface area contributed by atoms with Crippen molar-refractivity contribution < 1.29 is 4.74 Å². The van der Waals surface area contributed by atoms with Crippen LogP contribution in [0.5, 0.6) is 5.75 Å². The van der Waals surface area contributed by atoms with Gasteiger partial charge < -0.3 is 15.8 Å². The molecular weight excluding hydrogens is 212 g/mol. The van der Waals surface area contributed by atoms with Crippen molar-refractivity contribution in [3.63, 3.8) is 0 Å². The van der Waals surface area contributed by atoms with E-state index in [0.29, 0.717) is 18.0 Å². The predicted molar refractivity (Wildman–Crippen MR) is 68.0 cm³/mol. The normalized spacial score (nSPS) is 31.2. The summed E-state index contributed by atoms with van der Waals surface area (Å²) in [6, 6.07) is 9.23. The van der Waals surface area contributed by atoms with E-state index in [-0.39, 0.29) is 0 Å². The van der Waals surface area contributed by atoms with Gasteiger partial charge in [-0.25, -0.2) is 0 Å². The molecule has 3 heteroatoms. The third-order valence-corrected chi connectivity index (χ3v) is 4.08. The number of ether oxygens (including phenoxy) is 1. The molecule has 3 rings (SSSR count). The Hall–Kier alpha value is -1.06. The number of hydrogen-bond acceptors (Lipinski definition) is 3. The Balaban J connectivity index is 1.71. The molecular formula is C14H20N2O. The van der Waals surface area contributed by atoms with E-state index in [9.17, 15) is 0 Å². The van der Waals surface area contributed by atoms with Gasteiger partial charge in [-0.3, -0.25) is 0 Å². The van der Waals surface area contributed by atoms with E-state index < -0.39 is 0 Å². The number of rotatable bonds is 3. The molecule has 92 valence electrons. The second-order valence-corrected chi connectivity index (χ2v) is 5.10. The third-order valence-electron chi connectivity index (χ3n) is 4.08. The fourth-order valence-corrected chi connectivity index (χ4v) is 3.10. The molecule has 3 unspecified atom stereocenters. The third kappa shape index (κ3) is 2.05. The molecule has 0 amide bonds. The Bertz CT molecular complexity index is 394. The molecule has 1 heterocycles. The molecule has 1 aliphatic heterocycles. The number of hydrogen-bond donors (Lipinski definition) is 2. The minimum absolute atomic E-state index is 0.350. The Morgan fingerprint density at radius 2 is 2.18 bits per heavy atom. The average Bonchev–Trinajstić information content (AvgIpc) is 2.97. The van der Waals surface area contributed by atoms with Crippen molar-refractivity contribution >= 4 is 0 Å². The van der Waals surface area contributed by atoms with E-state index in [1.165, 1.54) is 24.8 Å².